The lowest BCUT2D eigenvalue weighted by Gasteiger charge is -2.06. The van der Waals surface area contributed by atoms with Gasteiger partial charge in [0.25, 0.3) is 0 Å². The fourth-order valence-electron chi connectivity index (χ4n) is 1.53. The fraction of sp³-hybridized carbons (Fsp3) is 0.385. The van der Waals surface area contributed by atoms with Gasteiger partial charge < -0.3 is 15.2 Å². The SMILES string of the molecule is CCCOc1cncc(NCCc2nc(C(=O)O)cs2)n1. The average molecular weight is 308 g/mol. The third-order valence-electron chi connectivity index (χ3n) is 2.48. The Kier molecular flexibility index (Phi) is 5.44. The summed E-state index contributed by atoms with van der Waals surface area (Å²) in [7, 11) is 0. The van der Waals surface area contributed by atoms with Crippen molar-refractivity contribution in [3.8, 4) is 5.88 Å². The smallest absolute Gasteiger partial charge is 0.355 e. The van der Waals surface area contributed by atoms with Gasteiger partial charge in [0, 0.05) is 18.3 Å². The van der Waals surface area contributed by atoms with Crippen molar-refractivity contribution >= 4 is 23.1 Å². The zero-order valence-corrected chi connectivity index (χ0v) is 12.4. The van der Waals surface area contributed by atoms with Gasteiger partial charge in [-0.15, -0.1) is 11.3 Å². The van der Waals surface area contributed by atoms with Crippen molar-refractivity contribution in [1.82, 2.24) is 15.0 Å². The number of nitrogens with zero attached hydrogens (tertiary/aromatic N) is 3. The van der Waals surface area contributed by atoms with Gasteiger partial charge in [-0.2, -0.15) is 4.98 Å². The highest BCUT2D eigenvalue weighted by Gasteiger charge is 2.08. The van der Waals surface area contributed by atoms with Gasteiger partial charge in [0.1, 0.15) is 5.82 Å². The molecule has 2 N–H and O–H groups in total. The molecule has 0 unspecified atom stereocenters. The van der Waals surface area contributed by atoms with Crippen LogP contribution in [0.15, 0.2) is 17.8 Å². The minimum atomic E-state index is -1.00. The molecule has 0 bridgehead atoms. The molecule has 0 aromatic carbocycles. The Morgan fingerprint density at radius 1 is 1.43 bits per heavy atom. The highest BCUT2D eigenvalue weighted by atomic mass is 32.1. The summed E-state index contributed by atoms with van der Waals surface area (Å²) in [6, 6.07) is 0. The minimum Gasteiger partial charge on any atom is -0.477 e. The molecule has 0 fully saturated rings. The zero-order valence-electron chi connectivity index (χ0n) is 11.6. The molecule has 2 rings (SSSR count). The number of carbonyl (C=O) groups is 1. The van der Waals surface area contributed by atoms with Gasteiger partial charge in [0.05, 0.1) is 24.0 Å². The van der Waals surface area contributed by atoms with Crippen LogP contribution in [0.5, 0.6) is 5.88 Å². The third kappa shape index (κ3) is 4.67. The Balaban J connectivity index is 1.83. The number of rotatable bonds is 8. The van der Waals surface area contributed by atoms with Crippen LogP contribution >= 0.6 is 11.3 Å². The maximum absolute atomic E-state index is 10.7. The Hall–Kier alpha value is -2.22. The minimum absolute atomic E-state index is 0.0877. The van der Waals surface area contributed by atoms with Crippen molar-refractivity contribution in [3.05, 3.63) is 28.5 Å². The van der Waals surface area contributed by atoms with E-state index in [1.54, 1.807) is 12.4 Å². The van der Waals surface area contributed by atoms with Crippen LogP contribution < -0.4 is 10.1 Å². The molecule has 0 spiro atoms. The van der Waals surface area contributed by atoms with Crippen LogP contribution in [0, 0.1) is 0 Å². The van der Waals surface area contributed by atoms with Gasteiger partial charge in [-0.1, -0.05) is 6.92 Å². The number of hydrogen-bond acceptors (Lipinski definition) is 7. The Bertz CT molecular complexity index is 603. The van der Waals surface area contributed by atoms with Crippen molar-refractivity contribution in [2.24, 2.45) is 0 Å². The van der Waals surface area contributed by atoms with E-state index >= 15 is 0 Å². The van der Waals surface area contributed by atoms with Crippen molar-refractivity contribution in [1.29, 1.82) is 0 Å². The second-order valence-corrected chi connectivity index (χ2v) is 5.14. The van der Waals surface area contributed by atoms with Crippen molar-refractivity contribution in [3.63, 3.8) is 0 Å². The summed E-state index contributed by atoms with van der Waals surface area (Å²) in [4.78, 5) is 23.1. The van der Waals surface area contributed by atoms with Gasteiger partial charge in [-0.05, 0) is 6.42 Å². The van der Waals surface area contributed by atoms with Gasteiger partial charge in [0.15, 0.2) is 5.69 Å². The average Bonchev–Trinajstić information content (AvgIpc) is 2.95. The van der Waals surface area contributed by atoms with Crippen LogP contribution in [0.25, 0.3) is 0 Å². The summed E-state index contributed by atoms with van der Waals surface area (Å²) in [5.74, 6) is 0.111. The monoisotopic (exact) mass is 308 g/mol. The molecule has 21 heavy (non-hydrogen) atoms. The number of ether oxygens (including phenoxy) is 1. The predicted octanol–water partition coefficient (Wildman–Crippen LogP) is 2.07. The second kappa shape index (κ2) is 7.53. The van der Waals surface area contributed by atoms with Crippen LogP contribution in [-0.4, -0.2) is 39.2 Å². The van der Waals surface area contributed by atoms with Gasteiger partial charge in [0.2, 0.25) is 5.88 Å². The molecule has 0 saturated heterocycles. The second-order valence-electron chi connectivity index (χ2n) is 4.20. The molecule has 2 aromatic heterocycles. The van der Waals surface area contributed by atoms with Gasteiger partial charge >= 0.3 is 5.97 Å². The first-order valence-corrected chi connectivity index (χ1v) is 7.43. The number of carboxylic acid groups (broad SMARTS) is 1. The van der Waals surface area contributed by atoms with E-state index in [4.69, 9.17) is 9.84 Å². The molecule has 8 heteroatoms. The van der Waals surface area contributed by atoms with E-state index in [1.165, 1.54) is 16.7 Å². The highest BCUT2D eigenvalue weighted by Crippen LogP contribution is 2.12. The largest absolute Gasteiger partial charge is 0.477 e. The summed E-state index contributed by atoms with van der Waals surface area (Å²) in [6.07, 6.45) is 4.72. The van der Waals surface area contributed by atoms with Gasteiger partial charge in [-0.3, -0.25) is 4.98 Å². The van der Waals surface area contributed by atoms with Crippen LogP contribution in [0.1, 0.15) is 28.8 Å². The van der Waals surface area contributed by atoms with E-state index in [9.17, 15) is 4.79 Å². The van der Waals surface area contributed by atoms with Gasteiger partial charge in [-0.25, -0.2) is 9.78 Å². The summed E-state index contributed by atoms with van der Waals surface area (Å²) < 4.78 is 5.40. The maximum Gasteiger partial charge on any atom is 0.355 e. The van der Waals surface area contributed by atoms with E-state index in [1.807, 2.05) is 6.92 Å². The summed E-state index contributed by atoms with van der Waals surface area (Å²) >= 11 is 1.33. The van der Waals surface area contributed by atoms with E-state index in [0.29, 0.717) is 31.3 Å². The number of thiazole rings is 1. The third-order valence-corrected chi connectivity index (χ3v) is 3.39. The molecule has 0 radical (unpaired) electrons. The molecule has 7 nitrogen and oxygen atoms in total. The number of anilines is 1. The summed E-state index contributed by atoms with van der Waals surface area (Å²) in [5.41, 5.74) is 0.0877. The Morgan fingerprint density at radius 3 is 3.00 bits per heavy atom. The van der Waals surface area contributed by atoms with E-state index in [-0.39, 0.29) is 5.69 Å². The van der Waals surface area contributed by atoms with Crippen LogP contribution in [0.2, 0.25) is 0 Å². The number of nitrogens with one attached hydrogen (secondary N) is 1. The lowest BCUT2D eigenvalue weighted by atomic mass is 10.4. The number of aromatic nitrogens is 3. The van der Waals surface area contributed by atoms with Crippen LogP contribution in [-0.2, 0) is 6.42 Å². The van der Waals surface area contributed by atoms with E-state index < -0.39 is 5.97 Å². The van der Waals surface area contributed by atoms with Crippen LogP contribution in [0.4, 0.5) is 5.82 Å². The molecule has 112 valence electrons. The number of hydrogen-bond donors (Lipinski definition) is 2. The summed E-state index contributed by atoms with van der Waals surface area (Å²) in [5, 5.41) is 14.2. The van der Waals surface area contributed by atoms with Crippen molar-refractivity contribution in [2.45, 2.75) is 19.8 Å². The lowest BCUT2D eigenvalue weighted by molar-refractivity contribution is 0.0691. The molecule has 0 aliphatic rings. The molecular weight excluding hydrogens is 292 g/mol. The fourth-order valence-corrected chi connectivity index (χ4v) is 2.30. The predicted molar refractivity (Wildman–Crippen MR) is 79.1 cm³/mol. The van der Waals surface area contributed by atoms with Crippen LogP contribution in [0.3, 0.4) is 0 Å². The van der Waals surface area contributed by atoms with E-state index in [2.05, 4.69) is 20.3 Å². The molecule has 2 heterocycles. The molecule has 0 aliphatic carbocycles. The standard InChI is InChI=1S/C13H16N4O3S/c1-2-5-20-11-7-14-6-10(17-11)15-4-3-12-16-9(8-21-12)13(18)19/h6-8H,2-5H2,1H3,(H,15,17)(H,18,19). The zero-order chi connectivity index (χ0) is 15.1. The topological polar surface area (TPSA) is 97.2 Å². The lowest BCUT2D eigenvalue weighted by Crippen LogP contribution is -2.08. The molecule has 0 aliphatic heterocycles. The number of carboxylic acids is 1. The van der Waals surface area contributed by atoms with Crippen molar-refractivity contribution < 1.29 is 14.6 Å². The molecule has 0 saturated carbocycles. The molecule has 0 atom stereocenters. The summed E-state index contributed by atoms with van der Waals surface area (Å²) in [6.45, 7) is 3.22. The maximum atomic E-state index is 10.7. The highest BCUT2D eigenvalue weighted by molar-refractivity contribution is 7.09. The quantitative estimate of drug-likeness (QED) is 0.770. The first-order valence-electron chi connectivity index (χ1n) is 6.55. The molecule has 2 aromatic rings. The first-order chi connectivity index (χ1) is 10.2. The van der Waals surface area contributed by atoms with E-state index in [0.717, 1.165) is 11.4 Å². The Morgan fingerprint density at radius 2 is 2.29 bits per heavy atom. The molecule has 0 amide bonds. The van der Waals surface area contributed by atoms with Crippen molar-refractivity contribution in [2.75, 3.05) is 18.5 Å². The normalized spacial score (nSPS) is 10.3. The molecular formula is C13H16N4O3S. The number of aromatic carboxylic acids is 1. The first kappa shape index (κ1) is 15.2. The Labute approximate surface area is 126 Å².